The van der Waals surface area contributed by atoms with Gasteiger partial charge in [0, 0.05) is 12.2 Å². The maximum Gasteiger partial charge on any atom is 0.326 e. The Kier molecular flexibility index (Phi) is 13.8. The molecule has 0 saturated heterocycles. The summed E-state index contributed by atoms with van der Waals surface area (Å²) in [5.74, 6) is -4.22. The first kappa shape index (κ1) is 30.3. The van der Waals surface area contributed by atoms with Crippen molar-refractivity contribution in [1.29, 1.82) is 0 Å². The molecule has 1 aromatic rings. The highest BCUT2D eigenvalue weighted by molar-refractivity contribution is 7.98. The number of hydrogen-bond donors (Lipinski definition) is 7. The molecule has 194 valence electrons. The lowest BCUT2D eigenvalue weighted by Gasteiger charge is -2.24. The molecular formula is C22H32N4O7S2. The van der Waals surface area contributed by atoms with Gasteiger partial charge in [-0.15, -0.1) is 0 Å². The molecule has 0 heterocycles. The van der Waals surface area contributed by atoms with Crippen molar-refractivity contribution in [3.8, 4) is 0 Å². The fourth-order valence-electron chi connectivity index (χ4n) is 3.01. The minimum Gasteiger partial charge on any atom is -0.481 e. The Morgan fingerprint density at radius 1 is 0.914 bits per heavy atom. The second kappa shape index (κ2) is 16.0. The highest BCUT2D eigenvalue weighted by Crippen LogP contribution is 2.06. The molecule has 0 bridgehead atoms. The second-order valence-corrected chi connectivity index (χ2v) is 9.07. The SMILES string of the molecule is CSCCC(NC(=O)C(N)Cc1ccccc1)C(=O)NC(CS)C(=O)NC(CCC(=O)O)C(=O)O. The van der Waals surface area contributed by atoms with Crippen molar-refractivity contribution in [3.63, 3.8) is 0 Å². The number of hydrogen-bond acceptors (Lipinski definition) is 8. The van der Waals surface area contributed by atoms with Crippen molar-refractivity contribution in [3.05, 3.63) is 35.9 Å². The number of nitrogens with two attached hydrogens (primary N) is 1. The predicted molar refractivity (Wildman–Crippen MR) is 135 cm³/mol. The fraction of sp³-hybridized carbons (Fsp3) is 0.500. The predicted octanol–water partition coefficient (Wildman–Crippen LogP) is -0.357. The van der Waals surface area contributed by atoms with E-state index in [1.165, 1.54) is 11.8 Å². The third kappa shape index (κ3) is 11.5. The zero-order valence-corrected chi connectivity index (χ0v) is 21.0. The first-order valence-corrected chi connectivity index (χ1v) is 12.9. The highest BCUT2D eigenvalue weighted by Gasteiger charge is 2.29. The van der Waals surface area contributed by atoms with Crippen LogP contribution in [0.5, 0.6) is 0 Å². The Hall–Kier alpha value is -2.77. The van der Waals surface area contributed by atoms with Crippen LogP contribution >= 0.6 is 24.4 Å². The number of rotatable bonds is 16. The number of carbonyl (C=O) groups is 5. The normalized spacial score (nSPS) is 14.1. The van der Waals surface area contributed by atoms with Crippen LogP contribution < -0.4 is 21.7 Å². The summed E-state index contributed by atoms with van der Waals surface area (Å²) in [6.45, 7) is 0. The monoisotopic (exact) mass is 528 g/mol. The van der Waals surface area contributed by atoms with Crippen LogP contribution in [0.25, 0.3) is 0 Å². The Morgan fingerprint density at radius 2 is 1.49 bits per heavy atom. The summed E-state index contributed by atoms with van der Waals surface area (Å²) in [6, 6.07) is 4.65. The van der Waals surface area contributed by atoms with Crippen LogP contribution in [-0.4, -0.2) is 81.8 Å². The quantitative estimate of drug-likeness (QED) is 0.141. The van der Waals surface area contributed by atoms with Gasteiger partial charge in [-0.25, -0.2) is 4.79 Å². The number of carboxylic acids is 2. The third-order valence-electron chi connectivity index (χ3n) is 4.96. The minimum atomic E-state index is -1.44. The Labute approximate surface area is 213 Å². The van der Waals surface area contributed by atoms with Crippen molar-refractivity contribution >= 4 is 54.1 Å². The molecule has 4 unspecified atom stereocenters. The van der Waals surface area contributed by atoms with Gasteiger partial charge in [0.05, 0.1) is 6.04 Å². The van der Waals surface area contributed by atoms with Crippen LogP contribution in [0.4, 0.5) is 0 Å². The molecule has 0 aliphatic rings. The van der Waals surface area contributed by atoms with Gasteiger partial charge in [0.1, 0.15) is 18.1 Å². The summed E-state index contributed by atoms with van der Waals surface area (Å²) in [4.78, 5) is 60.1. The average Bonchev–Trinajstić information content (AvgIpc) is 2.82. The van der Waals surface area contributed by atoms with E-state index in [1.807, 2.05) is 36.6 Å². The summed E-state index contributed by atoms with van der Waals surface area (Å²) in [6.07, 6.45) is 1.60. The first-order valence-electron chi connectivity index (χ1n) is 10.8. The molecule has 1 aromatic carbocycles. The smallest absolute Gasteiger partial charge is 0.326 e. The molecule has 0 aliphatic carbocycles. The van der Waals surface area contributed by atoms with Gasteiger partial charge in [-0.2, -0.15) is 24.4 Å². The zero-order chi connectivity index (χ0) is 26.4. The number of aliphatic carboxylic acids is 2. The molecule has 7 N–H and O–H groups in total. The van der Waals surface area contributed by atoms with Crippen LogP contribution in [0, 0.1) is 0 Å². The lowest BCUT2D eigenvalue weighted by molar-refractivity contribution is -0.143. The van der Waals surface area contributed by atoms with E-state index in [9.17, 15) is 29.1 Å². The van der Waals surface area contributed by atoms with Gasteiger partial charge in [0.15, 0.2) is 0 Å². The fourth-order valence-corrected chi connectivity index (χ4v) is 3.74. The van der Waals surface area contributed by atoms with Crippen molar-refractivity contribution in [1.82, 2.24) is 16.0 Å². The Morgan fingerprint density at radius 3 is 2.03 bits per heavy atom. The molecule has 13 heteroatoms. The number of thioether (sulfide) groups is 1. The van der Waals surface area contributed by atoms with E-state index in [0.717, 1.165) is 5.56 Å². The van der Waals surface area contributed by atoms with Gasteiger partial charge in [-0.05, 0) is 36.8 Å². The summed E-state index contributed by atoms with van der Waals surface area (Å²) in [5.41, 5.74) is 6.88. The molecule has 0 fully saturated rings. The number of carboxylic acid groups (broad SMARTS) is 2. The molecule has 0 aliphatic heterocycles. The molecular weight excluding hydrogens is 496 g/mol. The molecule has 4 atom stereocenters. The highest BCUT2D eigenvalue weighted by atomic mass is 32.2. The van der Waals surface area contributed by atoms with E-state index >= 15 is 0 Å². The largest absolute Gasteiger partial charge is 0.481 e. The second-order valence-electron chi connectivity index (χ2n) is 7.71. The van der Waals surface area contributed by atoms with E-state index in [-0.39, 0.29) is 25.0 Å². The molecule has 11 nitrogen and oxygen atoms in total. The van der Waals surface area contributed by atoms with Crippen LogP contribution in [0.15, 0.2) is 30.3 Å². The first-order chi connectivity index (χ1) is 16.6. The average molecular weight is 529 g/mol. The van der Waals surface area contributed by atoms with Gasteiger partial charge < -0.3 is 31.9 Å². The van der Waals surface area contributed by atoms with Gasteiger partial charge >= 0.3 is 11.9 Å². The van der Waals surface area contributed by atoms with Gasteiger partial charge in [0.25, 0.3) is 0 Å². The van der Waals surface area contributed by atoms with Gasteiger partial charge in [-0.3, -0.25) is 19.2 Å². The van der Waals surface area contributed by atoms with E-state index in [1.54, 1.807) is 0 Å². The van der Waals surface area contributed by atoms with Crippen LogP contribution in [0.2, 0.25) is 0 Å². The van der Waals surface area contributed by atoms with E-state index in [4.69, 9.17) is 10.8 Å². The third-order valence-corrected chi connectivity index (χ3v) is 5.96. The standard InChI is InChI=1S/C22H32N4O7S2/c1-35-10-9-15(24-19(29)14(23)11-13-5-3-2-4-6-13)20(30)26-17(12-34)21(31)25-16(22(32)33)7-8-18(27)28/h2-6,14-17,34H,7-12,23H2,1H3,(H,24,29)(H,25,31)(H,26,30)(H,27,28)(H,32,33). The number of nitrogens with one attached hydrogen (secondary N) is 3. The van der Waals surface area contributed by atoms with Gasteiger partial charge in [0.2, 0.25) is 17.7 Å². The summed E-state index contributed by atoms with van der Waals surface area (Å²) < 4.78 is 0. The molecule has 0 radical (unpaired) electrons. The number of benzene rings is 1. The molecule has 0 saturated carbocycles. The molecule has 1 rings (SSSR count). The summed E-state index contributed by atoms with van der Waals surface area (Å²) in [5, 5.41) is 25.3. The van der Waals surface area contributed by atoms with Crippen molar-refractivity contribution in [2.75, 3.05) is 17.8 Å². The number of thiol groups is 1. The van der Waals surface area contributed by atoms with Gasteiger partial charge in [-0.1, -0.05) is 30.3 Å². The Balaban J connectivity index is 2.81. The molecule has 3 amide bonds. The maximum atomic E-state index is 12.9. The number of amides is 3. The van der Waals surface area contributed by atoms with Crippen LogP contribution in [0.1, 0.15) is 24.8 Å². The minimum absolute atomic E-state index is 0.153. The summed E-state index contributed by atoms with van der Waals surface area (Å²) >= 11 is 5.52. The van der Waals surface area contributed by atoms with Crippen LogP contribution in [0.3, 0.4) is 0 Å². The maximum absolute atomic E-state index is 12.9. The zero-order valence-electron chi connectivity index (χ0n) is 19.3. The summed E-state index contributed by atoms with van der Waals surface area (Å²) in [7, 11) is 0. The molecule has 35 heavy (non-hydrogen) atoms. The Bertz CT molecular complexity index is 873. The lowest BCUT2D eigenvalue weighted by Crippen LogP contribution is -2.58. The van der Waals surface area contributed by atoms with E-state index in [2.05, 4.69) is 28.6 Å². The molecule has 0 spiro atoms. The lowest BCUT2D eigenvalue weighted by atomic mass is 10.1. The number of carbonyl (C=O) groups excluding carboxylic acids is 3. The van der Waals surface area contributed by atoms with Crippen molar-refractivity contribution in [2.45, 2.75) is 49.9 Å². The van der Waals surface area contributed by atoms with E-state index in [0.29, 0.717) is 5.75 Å². The molecule has 0 aromatic heterocycles. The van der Waals surface area contributed by atoms with Crippen molar-refractivity contribution in [2.24, 2.45) is 5.73 Å². The topological polar surface area (TPSA) is 188 Å². The van der Waals surface area contributed by atoms with Crippen LogP contribution in [-0.2, 0) is 30.4 Å². The van der Waals surface area contributed by atoms with Crippen molar-refractivity contribution < 1.29 is 34.2 Å². The van der Waals surface area contributed by atoms with E-state index < -0.39 is 60.2 Å².